The fourth-order valence-corrected chi connectivity index (χ4v) is 3.87. The minimum Gasteiger partial charge on any atom is -0.384 e. The number of hydrogen-bond donors (Lipinski definition) is 4. The smallest absolute Gasteiger partial charge is 0.273 e. The van der Waals surface area contributed by atoms with Gasteiger partial charge in [0, 0.05) is 26.1 Å². The molecule has 0 unspecified atom stereocenters. The van der Waals surface area contributed by atoms with Crippen molar-refractivity contribution in [2.45, 2.75) is 70.8 Å². The predicted molar refractivity (Wildman–Crippen MR) is 117 cm³/mol. The van der Waals surface area contributed by atoms with E-state index in [1.165, 1.54) is 43.3 Å². The Labute approximate surface area is 183 Å². The van der Waals surface area contributed by atoms with E-state index in [0.29, 0.717) is 37.0 Å². The van der Waals surface area contributed by atoms with Crippen LogP contribution in [0.3, 0.4) is 0 Å². The first kappa shape index (κ1) is 23.1. The van der Waals surface area contributed by atoms with Crippen molar-refractivity contribution in [3.8, 4) is 0 Å². The van der Waals surface area contributed by atoms with Gasteiger partial charge in [-0.25, -0.2) is 5.84 Å². The van der Waals surface area contributed by atoms with E-state index in [1.807, 2.05) is 0 Å². The summed E-state index contributed by atoms with van der Waals surface area (Å²) in [4.78, 5) is 24.0. The van der Waals surface area contributed by atoms with Crippen LogP contribution in [0.5, 0.6) is 0 Å². The van der Waals surface area contributed by atoms with Crippen LogP contribution < -0.4 is 22.2 Å². The van der Waals surface area contributed by atoms with Gasteiger partial charge in [0.2, 0.25) is 5.91 Å². The number of hydrazine groups is 1. The Kier molecular flexibility index (Phi) is 8.69. The first-order chi connectivity index (χ1) is 15.0. The van der Waals surface area contributed by atoms with Crippen molar-refractivity contribution in [1.82, 2.24) is 30.6 Å². The zero-order valence-corrected chi connectivity index (χ0v) is 18.3. The number of hydrogen-bond acceptors (Lipinski definition) is 7. The summed E-state index contributed by atoms with van der Waals surface area (Å²) in [5, 5.41) is 15.1. The highest BCUT2D eigenvalue weighted by Crippen LogP contribution is 2.32. The van der Waals surface area contributed by atoms with Gasteiger partial charge < -0.3 is 21.4 Å². The third kappa shape index (κ3) is 8.56. The Balaban J connectivity index is 1.29. The summed E-state index contributed by atoms with van der Waals surface area (Å²) in [6, 6.07) is 0. The van der Waals surface area contributed by atoms with Crippen LogP contribution >= 0.6 is 0 Å². The van der Waals surface area contributed by atoms with Gasteiger partial charge in [0.05, 0.1) is 12.4 Å². The van der Waals surface area contributed by atoms with Crippen LogP contribution in [0.1, 0.15) is 74.7 Å². The van der Waals surface area contributed by atoms with Gasteiger partial charge in [0.1, 0.15) is 5.82 Å². The van der Waals surface area contributed by atoms with Crippen LogP contribution in [-0.4, -0.2) is 44.9 Å². The maximum absolute atomic E-state index is 12.3. The van der Waals surface area contributed by atoms with E-state index >= 15 is 0 Å². The average Bonchev–Trinajstić information content (AvgIpc) is 3.43. The van der Waals surface area contributed by atoms with Gasteiger partial charge in [-0.3, -0.25) is 14.3 Å². The molecule has 0 radical (unpaired) electrons. The number of rotatable bonds is 12. The van der Waals surface area contributed by atoms with Crippen LogP contribution in [-0.2, 0) is 11.3 Å². The lowest BCUT2D eigenvalue weighted by atomic mass is 9.89. The Bertz CT molecular complexity index is 752. The zero-order chi connectivity index (χ0) is 22.1. The SMILES string of the molecule is N/C(=C\N(N)CCCCn1cc(C(=O)NCC2CCCCC2)nn1)NC(=O)CC1CC1. The van der Waals surface area contributed by atoms with Gasteiger partial charge >= 0.3 is 0 Å². The van der Waals surface area contributed by atoms with Crippen molar-refractivity contribution in [2.24, 2.45) is 23.4 Å². The normalized spacial score (nSPS) is 17.4. The molecule has 6 N–H and O–H groups in total. The molecule has 2 aliphatic carbocycles. The quantitative estimate of drug-likeness (QED) is 0.221. The highest BCUT2D eigenvalue weighted by Gasteiger charge is 2.24. The molecular formula is C21H36N8O2. The van der Waals surface area contributed by atoms with Gasteiger partial charge in [-0.2, -0.15) is 0 Å². The molecule has 172 valence electrons. The Morgan fingerprint density at radius 3 is 2.68 bits per heavy atom. The monoisotopic (exact) mass is 432 g/mol. The van der Waals surface area contributed by atoms with E-state index < -0.39 is 0 Å². The minimum atomic E-state index is -0.158. The van der Waals surface area contributed by atoms with Crippen molar-refractivity contribution in [2.75, 3.05) is 13.1 Å². The van der Waals surface area contributed by atoms with Crippen LogP contribution in [0.25, 0.3) is 0 Å². The summed E-state index contributed by atoms with van der Waals surface area (Å²) in [5.74, 6) is 7.06. The van der Waals surface area contributed by atoms with Gasteiger partial charge in [-0.1, -0.05) is 24.5 Å². The van der Waals surface area contributed by atoms with Gasteiger partial charge in [-0.05, 0) is 50.4 Å². The second kappa shape index (κ2) is 11.7. The molecule has 0 spiro atoms. The lowest BCUT2D eigenvalue weighted by molar-refractivity contribution is -0.120. The molecule has 0 atom stereocenters. The summed E-state index contributed by atoms with van der Waals surface area (Å²) in [5.41, 5.74) is 6.17. The van der Waals surface area contributed by atoms with Crippen LogP contribution in [0.4, 0.5) is 0 Å². The summed E-state index contributed by atoms with van der Waals surface area (Å²) in [6.45, 7) is 1.95. The number of amides is 2. The summed E-state index contributed by atoms with van der Waals surface area (Å²) in [7, 11) is 0. The topological polar surface area (TPSA) is 144 Å². The standard InChI is InChI=1S/C21H36N8O2/c22-19(25-20(30)12-16-8-9-16)15-28(23)10-4-5-11-29-14-18(26-27-29)21(31)24-13-17-6-2-1-3-7-17/h14-17H,1-13,22-23H2,(H,24,31)(H,25,30)/b19-15+. The van der Waals surface area contributed by atoms with E-state index in [0.717, 1.165) is 32.2 Å². The molecule has 10 heteroatoms. The Morgan fingerprint density at radius 1 is 1.16 bits per heavy atom. The first-order valence-corrected chi connectivity index (χ1v) is 11.5. The maximum Gasteiger partial charge on any atom is 0.273 e. The number of carbonyl (C=O) groups excluding carboxylic acids is 2. The Morgan fingerprint density at radius 2 is 1.94 bits per heavy atom. The number of unbranched alkanes of at least 4 members (excludes halogenated alkanes) is 1. The molecule has 2 amide bonds. The average molecular weight is 433 g/mol. The molecule has 0 aliphatic heterocycles. The highest BCUT2D eigenvalue weighted by atomic mass is 16.2. The Hall–Kier alpha value is -2.62. The predicted octanol–water partition coefficient (Wildman–Crippen LogP) is 1.22. The van der Waals surface area contributed by atoms with E-state index in [1.54, 1.807) is 10.9 Å². The molecule has 2 aliphatic rings. The molecule has 0 saturated heterocycles. The highest BCUT2D eigenvalue weighted by molar-refractivity contribution is 5.91. The fraction of sp³-hybridized carbons (Fsp3) is 0.714. The molecule has 2 fully saturated rings. The van der Waals surface area contributed by atoms with Gasteiger partial charge in [0.25, 0.3) is 5.91 Å². The summed E-state index contributed by atoms with van der Waals surface area (Å²) in [6.07, 6.45) is 13.8. The van der Waals surface area contributed by atoms with Crippen LogP contribution in [0.15, 0.2) is 18.2 Å². The molecule has 1 aromatic rings. The number of carbonyl (C=O) groups is 2. The number of nitrogens with zero attached hydrogens (tertiary/aromatic N) is 4. The summed E-state index contributed by atoms with van der Waals surface area (Å²) >= 11 is 0. The number of aromatic nitrogens is 3. The number of nitrogens with one attached hydrogen (secondary N) is 2. The molecule has 2 saturated carbocycles. The fourth-order valence-electron chi connectivity index (χ4n) is 3.87. The van der Waals surface area contributed by atoms with Crippen molar-refractivity contribution in [3.05, 3.63) is 23.9 Å². The van der Waals surface area contributed by atoms with Gasteiger partial charge in [-0.15, -0.1) is 5.10 Å². The third-order valence-corrected chi connectivity index (χ3v) is 5.86. The second-order valence-corrected chi connectivity index (χ2v) is 8.81. The van der Waals surface area contributed by atoms with E-state index in [9.17, 15) is 9.59 Å². The molecule has 1 heterocycles. The molecule has 1 aromatic heterocycles. The molecule has 31 heavy (non-hydrogen) atoms. The first-order valence-electron chi connectivity index (χ1n) is 11.5. The van der Waals surface area contributed by atoms with Crippen LogP contribution in [0.2, 0.25) is 0 Å². The minimum absolute atomic E-state index is 0.0607. The number of nitrogens with two attached hydrogens (primary N) is 2. The van der Waals surface area contributed by atoms with Crippen molar-refractivity contribution < 1.29 is 9.59 Å². The third-order valence-electron chi connectivity index (χ3n) is 5.86. The second-order valence-electron chi connectivity index (χ2n) is 8.81. The molecular weight excluding hydrogens is 396 g/mol. The molecule has 0 aromatic carbocycles. The molecule has 0 bridgehead atoms. The van der Waals surface area contributed by atoms with Crippen molar-refractivity contribution in [3.63, 3.8) is 0 Å². The van der Waals surface area contributed by atoms with E-state index in [4.69, 9.17) is 11.6 Å². The lowest BCUT2D eigenvalue weighted by Crippen LogP contribution is -2.33. The van der Waals surface area contributed by atoms with Crippen molar-refractivity contribution in [1.29, 1.82) is 0 Å². The largest absolute Gasteiger partial charge is 0.384 e. The maximum atomic E-state index is 12.3. The van der Waals surface area contributed by atoms with Gasteiger partial charge in [0.15, 0.2) is 5.69 Å². The van der Waals surface area contributed by atoms with E-state index in [-0.39, 0.29) is 17.6 Å². The summed E-state index contributed by atoms with van der Waals surface area (Å²) < 4.78 is 1.68. The molecule has 10 nitrogen and oxygen atoms in total. The van der Waals surface area contributed by atoms with Crippen molar-refractivity contribution >= 4 is 11.8 Å². The van der Waals surface area contributed by atoms with Crippen LogP contribution in [0, 0.1) is 11.8 Å². The molecule has 3 rings (SSSR count). The zero-order valence-electron chi connectivity index (χ0n) is 18.3. The lowest BCUT2D eigenvalue weighted by Gasteiger charge is -2.21. The van der Waals surface area contributed by atoms with E-state index in [2.05, 4.69) is 20.9 Å². The number of aryl methyl sites for hydroxylation is 1.